The maximum absolute atomic E-state index is 12.7. The van der Waals surface area contributed by atoms with Gasteiger partial charge in [0.1, 0.15) is 0 Å². The zero-order chi connectivity index (χ0) is 13.7. The number of hydrogen-bond acceptors (Lipinski definition) is 3. The number of hydrogen-bond donors (Lipinski definition) is 1. The van der Waals surface area contributed by atoms with Gasteiger partial charge < -0.3 is 4.90 Å². The lowest BCUT2D eigenvalue weighted by molar-refractivity contribution is -0.133. The second-order valence-electron chi connectivity index (χ2n) is 5.94. The Morgan fingerprint density at radius 2 is 2.11 bits per heavy atom. The summed E-state index contributed by atoms with van der Waals surface area (Å²) in [4.78, 5) is 14.9. The highest BCUT2D eigenvalue weighted by atomic mass is 32.2. The Bertz CT molecular complexity index is 303. The Hall–Kier alpha value is -0.220. The van der Waals surface area contributed by atoms with E-state index >= 15 is 0 Å². The molecule has 2 fully saturated rings. The minimum atomic E-state index is -0.181. The second-order valence-corrected chi connectivity index (χ2v) is 6.92. The fourth-order valence-electron chi connectivity index (χ4n) is 3.50. The first-order valence-electron chi connectivity index (χ1n) is 7.81. The molecule has 0 aromatic heterocycles. The molecular formula is C15H28N2OS. The Kier molecular flexibility index (Phi) is 5.58. The van der Waals surface area contributed by atoms with Crippen molar-refractivity contribution in [3.63, 3.8) is 0 Å². The van der Waals surface area contributed by atoms with Crippen LogP contribution in [-0.4, -0.2) is 41.1 Å². The molecule has 1 unspecified atom stereocenters. The van der Waals surface area contributed by atoms with Crippen molar-refractivity contribution in [2.75, 3.05) is 18.6 Å². The molecular weight excluding hydrogens is 256 g/mol. The van der Waals surface area contributed by atoms with Gasteiger partial charge in [0.2, 0.25) is 5.91 Å². The molecule has 1 atom stereocenters. The number of amides is 1. The third-order valence-electron chi connectivity index (χ3n) is 4.51. The van der Waals surface area contributed by atoms with Crippen molar-refractivity contribution in [3.8, 4) is 0 Å². The monoisotopic (exact) mass is 284 g/mol. The fourth-order valence-corrected chi connectivity index (χ4v) is 3.99. The van der Waals surface area contributed by atoms with Crippen LogP contribution in [0.4, 0.5) is 0 Å². The lowest BCUT2D eigenvalue weighted by Gasteiger charge is -2.23. The predicted molar refractivity (Wildman–Crippen MR) is 82.4 cm³/mol. The first-order chi connectivity index (χ1) is 9.23. The highest BCUT2D eigenvalue weighted by molar-refractivity contribution is 7.98. The number of thioether (sulfide) groups is 1. The van der Waals surface area contributed by atoms with Crippen LogP contribution in [0.25, 0.3) is 0 Å². The molecule has 0 aromatic carbocycles. The average molecular weight is 284 g/mol. The van der Waals surface area contributed by atoms with Gasteiger partial charge in [-0.2, -0.15) is 11.8 Å². The highest BCUT2D eigenvalue weighted by Crippen LogP contribution is 2.37. The van der Waals surface area contributed by atoms with E-state index in [-0.39, 0.29) is 5.54 Å². The van der Waals surface area contributed by atoms with E-state index in [9.17, 15) is 4.79 Å². The highest BCUT2D eigenvalue weighted by Gasteiger charge is 2.51. The van der Waals surface area contributed by atoms with Crippen LogP contribution >= 0.6 is 11.8 Å². The third kappa shape index (κ3) is 3.27. The molecule has 3 nitrogen and oxygen atoms in total. The van der Waals surface area contributed by atoms with E-state index in [0.717, 1.165) is 38.6 Å². The van der Waals surface area contributed by atoms with Crippen LogP contribution < -0.4 is 5.32 Å². The van der Waals surface area contributed by atoms with Crippen LogP contribution in [0.3, 0.4) is 0 Å². The zero-order valence-corrected chi connectivity index (χ0v) is 13.2. The molecule has 110 valence electrons. The SMILES string of the molecule is CCCC1NC2(CCCC2)C(=O)N1CCCCSC. The number of rotatable bonds is 7. The molecule has 1 aliphatic heterocycles. The first kappa shape index (κ1) is 15.2. The topological polar surface area (TPSA) is 32.3 Å². The second kappa shape index (κ2) is 6.98. The minimum Gasteiger partial charge on any atom is -0.326 e. The van der Waals surface area contributed by atoms with Crippen molar-refractivity contribution < 1.29 is 4.79 Å². The molecule has 1 aliphatic carbocycles. The van der Waals surface area contributed by atoms with Gasteiger partial charge in [-0.3, -0.25) is 10.1 Å². The molecule has 1 heterocycles. The average Bonchev–Trinajstić information content (AvgIpc) is 2.96. The van der Waals surface area contributed by atoms with E-state index in [2.05, 4.69) is 23.4 Å². The van der Waals surface area contributed by atoms with Crippen LogP contribution in [0.1, 0.15) is 58.3 Å². The number of carbonyl (C=O) groups excluding carboxylic acids is 1. The van der Waals surface area contributed by atoms with Crippen LogP contribution in [0.2, 0.25) is 0 Å². The van der Waals surface area contributed by atoms with Crippen molar-refractivity contribution >= 4 is 17.7 Å². The van der Waals surface area contributed by atoms with Crippen molar-refractivity contribution in [2.24, 2.45) is 0 Å². The van der Waals surface area contributed by atoms with Gasteiger partial charge in [0.15, 0.2) is 0 Å². The van der Waals surface area contributed by atoms with Crippen LogP contribution in [0, 0.1) is 0 Å². The van der Waals surface area contributed by atoms with Gasteiger partial charge in [-0.05, 0) is 44.1 Å². The largest absolute Gasteiger partial charge is 0.326 e. The molecule has 0 radical (unpaired) electrons. The first-order valence-corrected chi connectivity index (χ1v) is 9.20. The summed E-state index contributed by atoms with van der Waals surface area (Å²) in [5.41, 5.74) is -0.181. The summed E-state index contributed by atoms with van der Waals surface area (Å²) in [7, 11) is 0. The standard InChI is InChI=1S/C15H28N2OS/c1-3-8-13-16-15(9-4-5-10-15)14(18)17(13)11-6-7-12-19-2/h13,16H,3-12H2,1-2H3. The summed E-state index contributed by atoms with van der Waals surface area (Å²) in [6.45, 7) is 3.15. The van der Waals surface area contributed by atoms with Gasteiger partial charge >= 0.3 is 0 Å². The van der Waals surface area contributed by atoms with E-state index in [0.29, 0.717) is 12.1 Å². The van der Waals surface area contributed by atoms with Crippen molar-refractivity contribution in [3.05, 3.63) is 0 Å². The smallest absolute Gasteiger partial charge is 0.244 e. The summed E-state index contributed by atoms with van der Waals surface area (Å²) in [5, 5.41) is 3.68. The minimum absolute atomic E-state index is 0.181. The Labute approximate surface area is 121 Å². The molecule has 2 aliphatic rings. The summed E-state index contributed by atoms with van der Waals surface area (Å²) >= 11 is 1.90. The van der Waals surface area contributed by atoms with E-state index in [1.165, 1.54) is 25.0 Å². The molecule has 1 saturated heterocycles. The van der Waals surface area contributed by atoms with E-state index < -0.39 is 0 Å². The third-order valence-corrected chi connectivity index (χ3v) is 5.20. The van der Waals surface area contributed by atoms with Crippen LogP contribution in [0.15, 0.2) is 0 Å². The van der Waals surface area contributed by atoms with Gasteiger partial charge in [0.05, 0.1) is 11.7 Å². The summed E-state index contributed by atoms with van der Waals surface area (Å²) in [5.74, 6) is 1.60. The van der Waals surface area contributed by atoms with E-state index in [1.807, 2.05) is 11.8 Å². The molecule has 4 heteroatoms. The van der Waals surface area contributed by atoms with E-state index in [1.54, 1.807) is 0 Å². The molecule has 1 N–H and O–H groups in total. The normalized spacial score (nSPS) is 25.7. The Morgan fingerprint density at radius 3 is 2.74 bits per heavy atom. The predicted octanol–water partition coefficient (Wildman–Crippen LogP) is 3.00. The zero-order valence-electron chi connectivity index (χ0n) is 12.4. The van der Waals surface area contributed by atoms with Gasteiger partial charge in [-0.15, -0.1) is 0 Å². The molecule has 19 heavy (non-hydrogen) atoms. The Morgan fingerprint density at radius 1 is 1.37 bits per heavy atom. The summed E-state index contributed by atoms with van der Waals surface area (Å²) in [6, 6.07) is 0. The van der Waals surface area contributed by atoms with Crippen molar-refractivity contribution in [1.29, 1.82) is 0 Å². The van der Waals surface area contributed by atoms with Gasteiger partial charge in [-0.1, -0.05) is 26.2 Å². The van der Waals surface area contributed by atoms with Gasteiger partial charge in [0.25, 0.3) is 0 Å². The van der Waals surface area contributed by atoms with Crippen molar-refractivity contribution in [2.45, 2.75) is 70.0 Å². The quantitative estimate of drug-likeness (QED) is 0.729. The van der Waals surface area contributed by atoms with Gasteiger partial charge in [-0.25, -0.2) is 0 Å². The molecule has 2 rings (SSSR count). The number of nitrogens with one attached hydrogen (secondary N) is 1. The molecule has 1 amide bonds. The van der Waals surface area contributed by atoms with Crippen LogP contribution in [0.5, 0.6) is 0 Å². The summed E-state index contributed by atoms with van der Waals surface area (Å²) < 4.78 is 0. The lowest BCUT2D eigenvalue weighted by Crippen LogP contribution is -2.44. The molecule has 0 bridgehead atoms. The molecule has 1 saturated carbocycles. The van der Waals surface area contributed by atoms with Crippen LogP contribution in [-0.2, 0) is 4.79 Å². The number of nitrogens with zero attached hydrogens (tertiary/aromatic N) is 1. The van der Waals surface area contributed by atoms with E-state index in [4.69, 9.17) is 0 Å². The van der Waals surface area contributed by atoms with Gasteiger partial charge in [0, 0.05) is 6.54 Å². The summed E-state index contributed by atoms with van der Waals surface area (Å²) in [6.07, 6.45) is 11.6. The molecule has 1 spiro atoms. The number of carbonyl (C=O) groups is 1. The maximum Gasteiger partial charge on any atom is 0.244 e. The van der Waals surface area contributed by atoms with Crippen molar-refractivity contribution in [1.82, 2.24) is 10.2 Å². The Balaban J connectivity index is 1.95. The lowest BCUT2D eigenvalue weighted by atomic mass is 9.98. The number of unbranched alkanes of at least 4 members (excludes halogenated alkanes) is 1. The maximum atomic E-state index is 12.7. The fraction of sp³-hybridized carbons (Fsp3) is 0.933. The molecule has 0 aromatic rings.